The molecule has 9 nitrogen and oxygen atoms in total. The molecule has 0 aliphatic heterocycles. The SMILES string of the molecule is Cc1ccc([N+](=O)[O-])cc1NC(=O)CSc1ccc(NC(=O)/C(=C/c2cccc(Cl)c2Cl)NC(=O)c2ccccc2)cc1. The molecule has 4 aromatic carbocycles. The number of nitro benzene ring substituents is 1. The Morgan fingerprint density at radius 1 is 0.907 bits per heavy atom. The minimum absolute atomic E-state index is 0.0513. The molecule has 0 aromatic heterocycles. The van der Waals surface area contributed by atoms with Crippen LogP contribution < -0.4 is 16.0 Å². The van der Waals surface area contributed by atoms with Crippen molar-refractivity contribution < 1.29 is 19.3 Å². The first-order valence-electron chi connectivity index (χ1n) is 12.7. The van der Waals surface area contributed by atoms with Gasteiger partial charge in [-0.2, -0.15) is 0 Å². The van der Waals surface area contributed by atoms with E-state index in [0.717, 1.165) is 4.90 Å². The number of nitrogens with zero attached hydrogens (tertiary/aromatic N) is 1. The summed E-state index contributed by atoms with van der Waals surface area (Å²) >= 11 is 13.7. The van der Waals surface area contributed by atoms with Crippen LogP contribution in [0.25, 0.3) is 6.08 Å². The lowest BCUT2D eigenvalue weighted by Crippen LogP contribution is -2.30. The molecule has 0 saturated carbocycles. The van der Waals surface area contributed by atoms with Gasteiger partial charge in [-0.3, -0.25) is 24.5 Å². The molecule has 0 aliphatic carbocycles. The van der Waals surface area contributed by atoms with Gasteiger partial charge in [-0.15, -0.1) is 11.8 Å². The number of carbonyl (C=O) groups excluding carboxylic acids is 3. The monoisotopic (exact) mass is 634 g/mol. The summed E-state index contributed by atoms with van der Waals surface area (Å²) in [5.41, 5.74) is 2.17. The number of anilines is 2. The molecular formula is C31H24Cl2N4O5S. The third-order valence-corrected chi connectivity index (χ3v) is 7.84. The number of hydrogen-bond donors (Lipinski definition) is 3. The molecule has 43 heavy (non-hydrogen) atoms. The van der Waals surface area contributed by atoms with Crippen molar-refractivity contribution in [3.05, 3.63) is 134 Å². The zero-order chi connectivity index (χ0) is 30.9. The molecule has 0 atom stereocenters. The summed E-state index contributed by atoms with van der Waals surface area (Å²) in [6.07, 6.45) is 1.44. The van der Waals surface area contributed by atoms with Gasteiger partial charge in [0.2, 0.25) is 5.91 Å². The van der Waals surface area contributed by atoms with E-state index in [1.807, 2.05) is 0 Å². The number of rotatable bonds is 10. The predicted molar refractivity (Wildman–Crippen MR) is 171 cm³/mol. The first-order valence-corrected chi connectivity index (χ1v) is 14.5. The number of thioether (sulfide) groups is 1. The second kappa shape index (κ2) is 14.5. The molecule has 0 fully saturated rings. The van der Waals surface area contributed by atoms with E-state index in [2.05, 4.69) is 16.0 Å². The maximum Gasteiger partial charge on any atom is 0.272 e. The van der Waals surface area contributed by atoms with E-state index in [-0.39, 0.29) is 28.1 Å². The minimum Gasteiger partial charge on any atom is -0.325 e. The summed E-state index contributed by atoms with van der Waals surface area (Å²) < 4.78 is 0. The van der Waals surface area contributed by atoms with Crippen LogP contribution in [0.4, 0.5) is 17.1 Å². The summed E-state index contributed by atoms with van der Waals surface area (Å²) in [5.74, 6) is -1.33. The van der Waals surface area contributed by atoms with Crippen molar-refractivity contribution in [1.29, 1.82) is 0 Å². The van der Waals surface area contributed by atoms with Gasteiger partial charge in [-0.05, 0) is 66.6 Å². The molecule has 0 radical (unpaired) electrons. The van der Waals surface area contributed by atoms with Crippen LogP contribution >= 0.6 is 35.0 Å². The predicted octanol–water partition coefficient (Wildman–Crippen LogP) is 7.35. The summed E-state index contributed by atoms with van der Waals surface area (Å²) in [4.78, 5) is 49.9. The van der Waals surface area contributed by atoms with Gasteiger partial charge in [0.15, 0.2) is 0 Å². The molecule has 0 heterocycles. The van der Waals surface area contributed by atoms with Crippen molar-refractivity contribution in [1.82, 2.24) is 5.32 Å². The van der Waals surface area contributed by atoms with Crippen molar-refractivity contribution in [3.8, 4) is 0 Å². The number of aryl methyl sites for hydroxylation is 1. The molecule has 218 valence electrons. The standard InChI is InChI=1S/C31H24Cl2N4O5S/c1-19-10-13-23(37(41)42)17-26(19)35-28(38)18-43-24-14-11-22(12-15-24)34-31(40)27(16-21-8-5-9-25(32)29(21)33)36-30(39)20-6-3-2-4-7-20/h2-17H,18H2,1H3,(H,34,40)(H,35,38)(H,36,39)/b27-16-. The van der Waals surface area contributed by atoms with Crippen molar-refractivity contribution in [2.75, 3.05) is 16.4 Å². The summed E-state index contributed by atoms with van der Waals surface area (Å²) in [5, 5.41) is 19.7. The summed E-state index contributed by atoms with van der Waals surface area (Å²) in [6, 6.07) is 24.4. The van der Waals surface area contributed by atoms with Crippen molar-refractivity contribution >= 4 is 75.8 Å². The Labute approximate surface area is 261 Å². The van der Waals surface area contributed by atoms with Crippen molar-refractivity contribution in [3.63, 3.8) is 0 Å². The number of carbonyl (C=O) groups is 3. The maximum atomic E-state index is 13.3. The molecule has 0 aliphatic rings. The zero-order valence-corrected chi connectivity index (χ0v) is 24.9. The van der Waals surface area contributed by atoms with Crippen LogP contribution in [0, 0.1) is 17.0 Å². The average Bonchev–Trinajstić information content (AvgIpc) is 3.00. The molecule has 0 unspecified atom stereocenters. The number of hydrogen-bond acceptors (Lipinski definition) is 6. The van der Waals surface area contributed by atoms with E-state index in [1.54, 1.807) is 85.8 Å². The van der Waals surface area contributed by atoms with Gasteiger partial charge in [-0.1, -0.05) is 59.6 Å². The molecule has 4 rings (SSSR count). The third-order valence-electron chi connectivity index (χ3n) is 6.00. The molecule has 0 spiro atoms. The largest absolute Gasteiger partial charge is 0.325 e. The Bertz CT molecular complexity index is 1710. The number of benzene rings is 4. The van der Waals surface area contributed by atoms with Crippen LogP contribution in [0.15, 0.2) is 102 Å². The Hall–Kier alpha value is -4.64. The van der Waals surface area contributed by atoms with Gasteiger partial charge < -0.3 is 16.0 Å². The van der Waals surface area contributed by atoms with Gasteiger partial charge in [0.25, 0.3) is 17.5 Å². The fourth-order valence-corrected chi connectivity index (χ4v) is 4.82. The van der Waals surface area contributed by atoms with E-state index < -0.39 is 16.7 Å². The first-order chi connectivity index (χ1) is 20.6. The molecule has 3 N–H and O–H groups in total. The molecular weight excluding hydrogens is 611 g/mol. The zero-order valence-electron chi connectivity index (χ0n) is 22.6. The van der Waals surface area contributed by atoms with Gasteiger partial charge in [0, 0.05) is 28.3 Å². The second-order valence-corrected chi connectivity index (χ2v) is 10.9. The third kappa shape index (κ3) is 8.68. The van der Waals surface area contributed by atoms with Crippen LogP contribution in [0.2, 0.25) is 10.0 Å². The molecule has 0 saturated heterocycles. The fourth-order valence-electron chi connectivity index (χ4n) is 3.76. The van der Waals surface area contributed by atoms with E-state index >= 15 is 0 Å². The van der Waals surface area contributed by atoms with Crippen molar-refractivity contribution in [2.24, 2.45) is 0 Å². The lowest BCUT2D eigenvalue weighted by atomic mass is 10.1. The van der Waals surface area contributed by atoms with Crippen LogP contribution in [0.3, 0.4) is 0 Å². The maximum absolute atomic E-state index is 13.3. The average molecular weight is 636 g/mol. The lowest BCUT2D eigenvalue weighted by Gasteiger charge is -2.12. The highest BCUT2D eigenvalue weighted by Gasteiger charge is 2.17. The van der Waals surface area contributed by atoms with E-state index in [1.165, 1.54) is 30.0 Å². The Balaban J connectivity index is 1.42. The summed E-state index contributed by atoms with van der Waals surface area (Å²) in [6.45, 7) is 1.75. The van der Waals surface area contributed by atoms with Gasteiger partial charge in [0.1, 0.15) is 5.70 Å². The van der Waals surface area contributed by atoms with Crippen LogP contribution in [-0.4, -0.2) is 28.4 Å². The normalized spacial score (nSPS) is 11.0. The number of non-ortho nitro benzene ring substituents is 1. The topological polar surface area (TPSA) is 130 Å². The molecule has 0 bridgehead atoms. The van der Waals surface area contributed by atoms with Crippen LogP contribution in [-0.2, 0) is 9.59 Å². The Morgan fingerprint density at radius 2 is 1.63 bits per heavy atom. The lowest BCUT2D eigenvalue weighted by molar-refractivity contribution is -0.384. The summed E-state index contributed by atoms with van der Waals surface area (Å²) in [7, 11) is 0. The second-order valence-electron chi connectivity index (χ2n) is 9.09. The Morgan fingerprint density at radius 3 is 2.33 bits per heavy atom. The first kappa shape index (κ1) is 31.3. The van der Waals surface area contributed by atoms with Gasteiger partial charge in [-0.25, -0.2) is 0 Å². The quantitative estimate of drug-likeness (QED) is 0.0723. The van der Waals surface area contributed by atoms with Crippen LogP contribution in [0.5, 0.6) is 0 Å². The Kier molecular flexibility index (Phi) is 10.6. The fraction of sp³-hybridized carbons (Fsp3) is 0.0645. The van der Waals surface area contributed by atoms with Crippen molar-refractivity contribution in [2.45, 2.75) is 11.8 Å². The smallest absolute Gasteiger partial charge is 0.272 e. The van der Waals surface area contributed by atoms with Gasteiger partial charge >= 0.3 is 0 Å². The molecule has 12 heteroatoms. The van der Waals surface area contributed by atoms with E-state index in [9.17, 15) is 24.5 Å². The van der Waals surface area contributed by atoms with E-state index in [4.69, 9.17) is 23.2 Å². The van der Waals surface area contributed by atoms with E-state index in [0.29, 0.717) is 33.1 Å². The number of halogens is 2. The number of nitrogens with one attached hydrogen (secondary N) is 3. The van der Waals surface area contributed by atoms with Crippen LogP contribution in [0.1, 0.15) is 21.5 Å². The highest BCUT2D eigenvalue weighted by atomic mass is 35.5. The highest BCUT2D eigenvalue weighted by Crippen LogP contribution is 2.28. The van der Waals surface area contributed by atoms with Gasteiger partial charge in [0.05, 0.1) is 26.4 Å². The molecule has 3 amide bonds. The molecule has 4 aromatic rings. The number of nitro groups is 1. The highest BCUT2D eigenvalue weighted by molar-refractivity contribution is 8.00. The number of amides is 3. The minimum atomic E-state index is -0.590.